The summed E-state index contributed by atoms with van der Waals surface area (Å²) in [5.74, 6) is -1.38. The van der Waals surface area contributed by atoms with Gasteiger partial charge in [0.1, 0.15) is 11.5 Å². The minimum absolute atomic E-state index is 0.0905. The van der Waals surface area contributed by atoms with Crippen LogP contribution in [-0.4, -0.2) is 26.4 Å². The van der Waals surface area contributed by atoms with Crippen LogP contribution in [-0.2, 0) is 4.79 Å². The highest BCUT2D eigenvalue weighted by Gasteiger charge is 2.31. The van der Waals surface area contributed by atoms with Gasteiger partial charge in [-0.3, -0.25) is 10.2 Å². The summed E-state index contributed by atoms with van der Waals surface area (Å²) in [6, 6.07) is 6.72. The fourth-order valence-electron chi connectivity index (χ4n) is 2.25. The summed E-state index contributed by atoms with van der Waals surface area (Å²) in [7, 11) is 0. The van der Waals surface area contributed by atoms with E-state index < -0.39 is 5.92 Å². The zero-order valence-electron chi connectivity index (χ0n) is 10.9. The first-order valence-electron chi connectivity index (χ1n) is 6.07. The lowest BCUT2D eigenvalue weighted by Crippen LogP contribution is -2.12. The fourth-order valence-corrected chi connectivity index (χ4v) is 2.38. The van der Waals surface area contributed by atoms with Gasteiger partial charge < -0.3 is 5.11 Å². The highest BCUT2D eigenvalue weighted by atomic mass is 35.5. The van der Waals surface area contributed by atoms with Crippen LogP contribution in [0, 0.1) is 5.41 Å². The summed E-state index contributed by atoms with van der Waals surface area (Å²) in [5, 5.41) is 25.5. The van der Waals surface area contributed by atoms with E-state index in [0.29, 0.717) is 10.6 Å². The van der Waals surface area contributed by atoms with Crippen LogP contribution in [0.15, 0.2) is 34.5 Å². The largest absolute Gasteiger partial charge is 0.493 e. The number of azo groups is 1. The number of nitrogens with one attached hydrogen (secondary N) is 1. The van der Waals surface area contributed by atoms with Gasteiger partial charge in [0.25, 0.3) is 11.9 Å². The van der Waals surface area contributed by atoms with Gasteiger partial charge in [0.2, 0.25) is 5.88 Å². The Hall–Kier alpha value is -2.54. The number of benzene rings is 1. The van der Waals surface area contributed by atoms with E-state index in [9.17, 15) is 9.90 Å². The van der Waals surface area contributed by atoms with Crippen LogP contribution in [0.5, 0.6) is 5.88 Å². The molecule has 106 valence electrons. The minimum atomic E-state index is -0.747. The van der Waals surface area contributed by atoms with E-state index in [2.05, 4.69) is 15.2 Å². The van der Waals surface area contributed by atoms with Crippen molar-refractivity contribution >= 4 is 29.3 Å². The number of ketones is 1. The Morgan fingerprint density at radius 2 is 2.00 bits per heavy atom. The van der Waals surface area contributed by atoms with Gasteiger partial charge in [-0.15, -0.1) is 10.2 Å². The van der Waals surface area contributed by atoms with Gasteiger partial charge >= 0.3 is 0 Å². The van der Waals surface area contributed by atoms with Crippen molar-refractivity contribution in [3.8, 4) is 5.88 Å². The SMILES string of the molecule is CC(=O)[C@H](c1ccc(Cl)cc1)c1nc2n(c1O)C(=N)N=N2. The predicted molar refractivity (Wildman–Crippen MR) is 75.5 cm³/mol. The van der Waals surface area contributed by atoms with Gasteiger partial charge in [-0.05, 0) is 24.6 Å². The molecular formula is C13H10ClN5O2. The van der Waals surface area contributed by atoms with E-state index in [1.54, 1.807) is 24.3 Å². The zero-order valence-corrected chi connectivity index (χ0v) is 11.7. The first-order valence-corrected chi connectivity index (χ1v) is 6.45. The van der Waals surface area contributed by atoms with E-state index in [0.717, 1.165) is 4.57 Å². The lowest BCUT2D eigenvalue weighted by Gasteiger charge is -2.12. The molecule has 7 nitrogen and oxygen atoms in total. The van der Waals surface area contributed by atoms with Crippen molar-refractivity contribution in [3.63, 3.8) is 0 Å². The maximum atomic E-state index is 12.0. The number of hydrogen-bond acceptors (Lipinski definition) is 5. The normalized spacial score (nSPS) is 14.3. The molecule has 1 aromatic carbocycles. The van der Waals surface area contributed by atoms with Crippen LogP contribution < -0.4 is 0 Å². The van der Waals surface area contributed by atoms with Gasteiger partial charge in [-0.25, -0.2) is 9.55 Å². The second-order valence-corrected chi connectivity index (χ2v) is 5.01. The summed E-state index contributed by atoms with van der Waals surface area (Å²) < 4.78 is 1.08. The number of nitrogens with zero attached hydrogens (tertiary/aromatic N) is 4. The van der Waals surface area contributed by atoms with Gasteiger partial charge in [-0.2, -0.15) is 0 Å². The Morgan fingerprint density at radius 1 is 1.33 bits per heavy atom. The average molecular weight is 304 g/mol. The van der Waals surface area contributed by atoms with Crippen LogP contribution in [0.2, 0.25) is 5.02 Å². The van der Waals surface area contributed by atoms with E-state index in [-0.39, 0.29) is 29.3 Å². The van der Waals surface area contributed by atoms with Crippen molar-refractivity contribution in [3.05, 3.63) is 40.5 Å². The van der Waals surface area contributed by atoms with Crippen molar-refractivity contribution < 1.29 is 9.90 Å². The molecule has 2 aromatic rings. The Balaban J connectivity index is 2.13. The number of Topliss-reactive ketones (excluding diaryl/α,β-unsaturated/α-hetero) is 1. The number of aromatic hydroxyl groups is 1. The lowest BCUT2D eigenvalue weighted by molar-refractivity contribution is -0.117. The first kappa shape index (κ1) is 13.4. The van der Waals surface area contributed by atoms with Gasteiger partial charge in [-0.1, -0.05) is 23.7 Å². The molecule has 2 heterocycles. The molecule has 0 bridgehead atoms. The first-order chi connectivity index (χ1) is 9.99. The maximum absolute atomic E-state index is 12.0. The molecule has 3 rings (SSSR count). The Morgan fingerprint density at radius 3 is 2.57 bits per heavy atom. The molecule has 1 aromatic heterocycles. The summed E-state index contributed by atoms with van der Waals surface area (Å²) >= 11 is 5.84. The van der Waals surface area contributed by atoms with Crippen molar-refractivity contribution in [1.29, 1.82) is 5.41 Å². The summed E-state index contributed by atoms with van der Waals surface area (Å²) in [5.41, 5.74) is 0.811. The molecule has 8 heteroatoms. The third-order valence-corrected chi connectivity index (χ3v) is 3.44. The van der Waals surface area contributed by atoms with Crippen molar-refractivity contribution in [1.82, 2.24) is 9.55 Å². The molecule has 0 unspecified atom stereocenters. The topological polar surface area (TPSA) is 104 Å². The van der Waals surface area contributed by atoms with Crippen LogP contribution in [0.4, 0.5) is 5.95 Å². The minimum Gasteiger partial charge on any atom is -0.493 e. The molecular weight excluding hydrogens is 294 g/mol. The van der Waals surface area contributed by atoms with E-state index in [1.807, 2.05) is 0 Å². The predicted octanol–water partition coefficient (Wildman–Crippen LogP) is 2.84. The van der Waals surface area contributed by atoms with Gasteiger partial charge in [0.15, 0.2) is 0 Å². The third-order valence-electron chi connectivity index (χ3n) is 3.19. The zero-order chi connectivity index (χ0) is 15.1. The third kappa shape index (κ3) is 2.11. The molecule has 0 aliphatic carbocycles. The second-order valence-electron chi connectivity index (χ2n) is 4.57. The number of hydrogen-bond donors (Lipinski definition) is 2. The van der Waals surface area contributed by atoms with Crippen LogP contribution in [0.25, 0.3) is 0 Å². The average Bonchev–Trinajstić information content (AvgIpc) is 2.94. The molecule has 0 spiro atoms. The molecule has 1 aliphatic heterocycles. The number of rotatable bonds is 3. The maximum Gasteiger partial charge on any atom is 0.259 e. The Labute approximate surface area is 124 Å². The molecule has 21 heavy (non-hydrogen) atoms. The summed E-state index contributed by atoms with van der Waals surface area (Å²) in [4.78, 5) is 16.1. The van der Waals surface area contributed by atoms with E-state index >= 15 is 0 Å². The number of carbonyl (C=O) groups is 1. The lowest BCUT2D eigenvalue weighted by atomic mass is 9.92. The molecule has 0 amide bonds. The summed E-state index contributed by atoms with van der Waals surface area (Å²) in [6.45, 7) is 1.41. The molecule has 0 saturated carbocycles. The molecule has 1 atom stereocenters. The van der Waals surface area contributed by atoms with Gasteiger partial charge in [0, 0.05) is 5.02 Å². The quantitative estimate of drug-likeness (QED) is 0.910. The van der Waals surface area contributed by atoms with Crippen LogP contribution in [0.1, 0.15) is 24.1 Å². The van der Waals surface area contributed by atoms with Crippen LogP contribution in [0.3, 0.4) is 0 Å². The van der Waals surface area contributed by atoms with Crippen molar-refractivity contribution in [2.24, 2.45) is 10.2 Å². The monoisotopic (exact) mass is 303 g/mol. The molecule has 1 aliphatic rings. The highest BCUT2D eigenvalue weighted by Crippen LogP contribution is 2.37. The summed E-state index contributed by atoms with van der Waals surface area (Å²) in [6.07, 6.45) is 0. The van der Waals surface area contributed by atoms with Crippen molar-refractivity contribution in [2.75, 3.05) is 0 Å². The van der Waals surface area contributed by atoms with E-state index in [1.165, 1.54) is 6.92 Å². The molecule has 0 radical (unpaired) electrons. The smallest absolute Gasteiger partial charge is 0.259 e. The fraction of sp³-hybridized carbons (Fsp3) is 0.154. The number of carbonyl (C=O) groups excluding carboxylic acids is 1. The number of fused-ring (bicyclic) bond motifs is 1. The number of imidazole rings is 1. The standard InChI is InChI=1S/C13H10ClN5O2/c1-6(20)9(7-2-4-8(14)5-3-7)10-11(21)19-12(15)17-18-13(19)16-10/h2-5,9,15,21H,1H3/t9-/m1/s1. The Bertz CT molecular complexity index is 779. The van der Waals surface area contributed by atoms with Gasteiger partial charge in [0.05, 0.1) is 5.92 Å². The second kappa shape index (κ2) is 4.78. The van der Waals surface area contributed by atoms with E-state index in [4.69, 9.17) is 17.0 Å². The Kier molecular flexibility index (Phi) is 3.06. The molecule has 2 N–H and O–H groups in total. The molecule has 0 fully saturated rings. The molecule has 0 saturated heterocycles. The highest BCUT2D eigenvalue weighted by molar-refractivity contribution is 6.30. The number of halogens is 1. The number of aromatic nitrogens is 2. The van der Waals surface area contributed by atoms with Crippen molar-refractivity contribution in [2.45, 2.75) is 12.8 Å². The van der Waals surface area contributed by atoms with Crippen LogP contribution >= 0.6 is 11.6 Å².